The van der Waals surface area contributed by atoms with E-state index in [0.29, 0.717) is 0 Å². The van der Waals surface area contributed by atoms with Gasteiger partial charge in [0.1, 0.15) is 0 Å². The molecule has 2 aromatic rings. The Morgan fingerprint density at radius 2 is 2.00 bits per heavy atom. The van der Waals surface area contributed by atoms with Crippen molar-refractivity contribution in [2.24, 2.45) is 0 Å². The standard InChI is InChI=1S/C8H6NO/c10-8-4-6-9-5-2-1-3-7(8)9/h1-6H. The first-order valence-electron chi connectivity index (χ1n) is 3.10. The zero-order chi connectivity index (χ0) is 6.97. The Kier molecular flexibility index (Phi) is 0.947. The van der Waals surface area contributed by atoms with Crippen molar-refractivity contribution in [3.8, 4) is 5.75 Å². The second kappa shape index (κ2) is 1.77. The second-order valence-corrected chi connectivity index (χ2v) is 2.17. The molecule has 2 heterocycles. The molecule has 0 fully saturated rings. The zero-order valence-corrected chi connectivity index (χ0v) is 5.32. The Morgan fingerprint density at radius 3 is 2.80 bits per heavy atom. The van der Waals surface area contributed by atoms with Crippen LogP contribution in [0.15, 0.2) is 36.7 Å². The van der Waals surface area contributed by atoms with Crippen molar-refractivity contribution in [2.45, 2.75) is 0 Å². The molecule has 0 aliphatic carbocycles. The topological polar surface area (TPSA) is 24.3 Å². The fraction of sp³-hybridized carbons (Fsp3) is 0. The molecule has 10 heavy (non-hydrogen) atoms. The first-order valence-corrected chi connectivity index (χ1v) is 3.10. The summed E-state index contributed by atoms with van der Waals surface area (Å²) in [5, 5.41) is 11.0. The monoisotopic (exact) mass is 132 g/mol. The van der Waals surface area contributed by atoms with E-state index < -0.39 is 0 Å². The van der Waals surface area contributed by atoms with Crippen molar-refractivity contribution < 1.29 is 5.11 Å². The van der Waals surface area contributed by atoms with Crippen molar-refractivity contribution in [3.63, 3.8) is 0 Å². The summed E-state index contributed by atoms with van der Waals surface area (Å²) in [6.45, 7) is 0. The van der Waals surface area contributed by atoms with Crippen LogP contribution < -0.4 is 0 Å². The van der Waals surface area contributed by atoms with Gasteiger partial charge in [0.25, 0.3) is 0 Å². The van der Waals surface area contributed by atoms with Crippen molar-refractivity contribution in [2.75, 3.05) is 0 Å². The molecule has 0 aliphatic rings. The van der Waals surface area contributed by atoms with E-state index in [4.69, 9.17) is 0 Å². The number of pyridine rings is 1. The lowest BCUT2D eigenvalue weighted by atomic mass is 10.4. The van der Waals surface area contributed by atoms with Crippen molar-refractivity contribution in [1.82, 2.24) is 4.40 Å². The predicted molar refractivity (Wildman–Crippen MR) is 37.5 cm³/mol. The van der Waals surface area contributed by atoms with E-state index in [1.54, 1.807) is 12.3 Å². The third-order valence-corrected chi connectivity index (χ3v) is 1.53. The van der Waals surface area contributed by atoms with Gasteiger partial charge in [0, 0.05) is 18.5 Å². The molecule has 1 radical (unpaired) electrons. The maximum absolute atomic E-state index is 11.0. The molecule has 0 aromatic carbocycles. The number of aromatic nitrogens is 1. The smallest absolute Gasteiger partial charge is 0.203 e. The van der Waals surface area contributed by atoms with E-state index in [1.807, 2.05) is 28.8 Å². The summed E-state index contributed by atoms with van der Waals surface area (Å²) in [6.07, 6.45) is 3.62. The molecule has 0 N–H and O–H groups in total. The fourth-order valence-electron chi connectivity index (χ4n) is 1.03. The first kappa shape index (κ1) is 5.35. The van der Waals surface area contributed by atoms with Crippen LogP contribution in [0.1, 0.15) is 0 Å². The van der Waals surface area contributed by atoms with Gasteiger partial charge in [-0.15, -0.1) is 0 Å². The van der Waals surface area contributed by atoms with Crippen molar-refractivity contribution in [3.05, 3.63) is 36.7 Å². The van der Waals surface area contributed by atoms with E-state index >= 15 is 0 Å². The first-order chi connectivity index (χ1) is 4.88. The van der Waals surface area contributed by atoms with Crippen LogP contribution in [0.4, 0.5) is 0 Å². The molecule has 2 aromatic heterocycles. The molecule has 2 rings (SSSR count). The van der Waals surface area contributed by atoms with Gasteiger partial charge in [0.15, 0.2) is 0 Å². The highest BCUT2D eigenvalue weighted by atomic mass is 16.3. The minimum atomic E-state index is 0.0839. The summed E-state index contributed by atoms with van der Waals surface area (Å²) < 4.78 is 1.81. The Hall–Kier alpha value is -1.44. The summed E-state index contributed by atoms with van der Waals surface area (Å²) in [5.41, 5.74) is 0.738. The quantitative estimate of drug-likeness (QED) is 0.524. The van der Waals surface area contributed by atoms with E-state index in [2.05, 4.69) is 0 Å². The number of rotatable bonds is 0. The van der Waals surface area contributed by atoms with Gasteiger partial charge in [0.05, 0.1) is 5.52 Å². The van der Waals surface area contributed by atoms with E-state index in [1.165, 1.54) is 0 Å². The summed E-state index contributed by atoms with van der Waals surface area (Å²) in [4.78, 5) is 0. The van der Waals surface area contributed by atoms with Crippen LogP contribution in [-0.4, -0.2) is 4.40 Å². The van der Waals surface area contributed by atoms with E-state index in [-0.39, 0.29) is 5.75 Å². The minimum absolute atomic E-state index is 0.0839. The molecule has 0 bridgehead atoms. The van der Waals surface area contributed by atoms with Crippen molar-refractivity contribution >= 4 is 5.52 Å². The maximum Gasteiger partial charge on any atom is 0.203 e. The Morgan fingerprint density at radius 1 is 1.10 bits per heavy atom. The van der Waals surface area contributed by atoms with E-state index in [0.717, 1.165) is 5.52 Å². The third-order valence-electron chi connectivity index (χ3n) is 1.53. The lowest BCUT2D eigenvalue weighted by Gasteiger charge is -1.89. The lowest BCUT2D eigenvalue weighted by molar-refractivity contribution is 0.360. The molecule has 2 heteroatoms. The average molecular weight is 132 g/mol. The molecule has 0 saturated heterocycles. The predicted octanol–water partition coefficient (Wildman–Crippen LogP) is 2.08. The Labute approximate surface area is 58.3 Å². The highest BCUT2D eigenvalue weighted by molar-refractivity contribution is 5.59. The van der Waals surface area contributed by atoms with Gasteiger partial charge < -0.3 is 4.40 Å². The van der Waals surface area contributed by atoms with Crippen LogP contribution in [0.2, 0.25) is 0 Å². The molecular formula is C8H6NO. The van der Waals surface area contributed by atoms with Gasteiger partial charge in [0.2, 0.25) is 5.75 Å². The van der Waals surface area contributed by atoms with Gasteiger partial charge >= 0.3 is 0 Å². The average Bonchev–Trinajstić information content (AvgIpc) is 2.34. The SMILES string of the molecule is [O]c1ccn2ccccc12. The van der Waals surface area contributed by atoms with Gasteiger partial charge in [-0.05, 0) is 12.1 Å². The molecule has 49 valence electrons. The van der Waals surface area contributed by atoms with Crippen LogP contribution in [0.25, 0.3) is 5.52 Å². The number of hydrogen-bond donors (Lipinski definition) is 0. The third kappa shape index (κ3) is 0.589. The van der Waals surface area contributed by atoms with Crippen LogP contribution in [-0.2, 0) is 5.11 Å². The summed E-state index contributed by atoms with van der Waals surface area (Å²) in [6, 6.07) is 7.13. The van der Waals surface area contributed by atoms with Gasteiger partial charge in [-0.2, -0.15) is 0 Å². The zero-order valence-electron chi connectivity index (χ0n) is 5.32. The molecule has 0 unspecified atom stereocenters. The molecular weight excluding hydrogens is 126 g/mol. The molecule has 0 saturated carbocycles. The highest BCUT2D eigenvalue weighted by Gasteiger charge is 1.97. The number of hydrogen-bond acceptors (Lipinski definition) is 0. The fourth-order valence-corrected chi connectivity index (χ4v) is 1.03. The van der Waals surface area contributed by atoms with Crippen LogP contribution >= 0.6 is 0 Å². The summed E-state index contributed by atoms with van der Waals surface area (Å²) in [7, 11) is 0. The molecule has 2 nitrogen and oxygen atoms in total. The summed E-state index contributed by atoms with van der Waals surface area (Å²) in [5.74, 6) is 0.0839. The molecule has 0 spiro atoms. The molecule has 0 aliphatic heterocycles. The van der Waals surface area contributed by atoms with Crippen LogP contribution in [0, 0.1) is 0 Å². The largest absolute Gasteiger partial charge is 0.320 e. The highest BCUT2D eigenvalue weighted by Crippen LogP contribution is 2.18. The second-order valence-electron chi connectivity index (χ2n) is 2.17. The number of nitrogens with zero attached hydrogens (tertiary/aromatic N) is 1. The lowest BCUT2D eigenvalue weighted by Crippen LogP contribution is -1.76. The van der Waals surface area contributed by atoms with Gasteiger partial charge in [-0.3, -0.25) is 5.11 Å². The van der Waals surface area contributed by atoms with Crippen molar-refractivity contribution in [1.29, 1.82) is 0 Å². The van der Waals surface area contributed by atoms with Crippen LogP contribution in [0.5, 0.6) is 5.75 Å². The number of fused-ring (bicyclic) bond motifs is 1. The van der Waals surface area contributed by atoms with Crippen LogP contribution in [0.3, 0.4) is 0 Å². The minimum Gasteiger partial charge on any atom is -0.320 e. The van der Waals surface area contributed by atoms with E-state index in [9.17, 15) is 5.11 Å². The Bertz CT molecular complexity index is 351. The van der Waals surface area contributed by atoms with Gasteiger partial charge in [-0.1, -0.05) is 6.07 Å². The maximum atomic E-state index is 11.0. The van der Waals surface area contributed by atoms with Gasteiger partial charge in [-0.25, -0.2) is 0 Å². The normalized spacial score (nSPS) is 10.4. The summed E-state index contributed by atoms with van der Waals surface area (Å²) >= 11 is 0. The molecule has 0 atom stereocenters. The molecule has 0 amide bonds. The Balaban J connectivity index is 2.93.